The highest BCUT2D eigenvalue weighted by Crippen LogP contribution is 2.16. The zero-order chi connectivity index (χ0) is 11.6. The van der Waals surface area contributed by atoms with E-state index in [2.05, 4.69) is 11.8 Å². The Morgan fingerprint density at radius 3 is 2.56 bits per heavy atom. The molecule has 3 heteroatoms. The number of hydrogen-bond donors (Lipinski definition) is 1. The fourth-order valence-corrected chi connectivity index (χ4v) is 2.33. The minimum absolute atomic E-state index is 0.349. The Bertz CT molecular complexity index is 151. The summed E-state index contributed by atoms with van der Waals surface area (Å²) in [7, 11) is 0. The van der Waals surface area contributed by atoms with Crippen LogP contribution in [0.5, 0.6) is 0 Å². The Morgan fingerprint density at radius 2 is 1.94 bits per heavy atom. The number of unbranched alkanes of at least 4 members (excludes halogenated alkanes) is 1. The van der Waals surface area contributed by atoms with Crippen LogP contribution in [0.2, 0.25) is 0 Å². The molecule has 0 spiro atoms. The van der Waals surface area contributed by atoms with E-state index >= 15 is 0 Å². The molecule has 1 aliphatic heterocycles. The van der Waals surface area contributed by atoms with Gasteiger partial charge in [0.2, 0.25) is 0 Å². The summed E-state index contributed by atoms with van der Waals surface area (Å²) in [5.41, 5.74) is 0. The van der Waals surface area contributed by atoms with Crippen molar-refractivity contribution in [3.8, 4) is 0 Å². The van der Waals surface area contributed by atoms with E-state index in [1.807, 2.05) is 0 Å². The Labute approximate surface area is 99.8 Å². The predicted molar refractivity (Wildman–Crippen MR) is 66.6 cm³/mol. The molecule has 1 aliphatic rings. The number of ether oxygens (including phenoxy) is 1. The molecule has 0 bridgehead atoms. The van der Waals surface area contributed by atoms with Gasteiger partial charge in [0.25, 0.3) is 0 Å². The molecule has 1 rings (SSSR count). The fourth-order valence-electron chi connectivity index (χ4n) is 2.33. The van der Waals surface area contributed by atoms with E-state index in [0.717, 1.165) is 38.6 Å². The minimum Gasteiger partial charge on any atom is -0.396 e. The molecule has 0 radical (unpaired) electrons. The standard InChI is InChI=1S/C13H27NO2/c1-2-13(6-10-15)5-3-4-7-14-8-11-16-12-9-14/h13,15H,2-12H2,1H3/t13-/m1/s1. The summed E-state index contributed by atoms with van der Waals surface area (Å²) in [6.45, 7) is 7.81. The zero-order valence-electron chi connectivity index (χ0n) is 10.7. The Balaban J connectivity index is 1.97. The van der Waals surface area contributed by atoms with Gasteiger partial charge in [0, 0.05) is 19.7 Å². The van der Waals surface area contributed by atoms with Crippen molar-refractivity contribution in [2.75, 3.05) is 39.5 Å². The molecule has 0 unspecified atom stereocenters. The number of aliphatic hydroxyl groups excluding tert-OH is 1. The van der Waals surface area contributed by atoms with Gasteiger partial charge in [-0.3, -0.25) is 4.90 Å². The van der Waals surface area contributed by atoms with Crippen LogP contribution in [-0.2, 0) is 4.74 Å². The lowest BCUT2D eigenvalue weighted by molar-refractivity contribution is 0.0369. The third kappa shape index (κ3) is 5.83. The molecule has 1 heterocycles. The average molecular weight is 229 g/mol. The maximum Gasteiger partial charge on any atom is 0.0594 e. The highest BCUT2D eigenvalue weighted by atomic mass is 16.5. The number of rotatable bonds is 8. The van der Waals surface area contributed by atoms with Gasteiger partial charge in [0.05, 0.1) is 13.2 Å². The predicted octanol–water partition coefficient (Wildman–Crippen LogP) is 1.90. The van der Waals surface area contributed by atoms with Crippen LogP contribution < -0.4 is 0 Å². The topological polar surface area (TPSA) is 32.7 Å². The summed E-state index contributed by atoms with van der Waals surface area (Å²) in [4.78, 5) is 2.50. The molecule has 0 aromatic carbocycles. The van der Waals surface area contributed by atoms with Gasteiger partial charge in [-0.15, -0.1) is 0 Å². The van der Waals surface area contributed by atoms with Gasteiger partial charge in [-0.1, -0.05) is 26.2 Å². The first-order valence-electron chi connectivity index (χ1n) is 6.77. The maximum absolute atomic E-state index is 8.91. The molecule has 0 saturated carbocycles. The molecule has 16 heavy (non-hydrogen) atoms. The van der Waals surface area contributed by atoms with Crippen molar-refractivity contribution in [1.82, 2.24) is 4.90 Å². The second kappa shape index (κ2) is 8.97. The van der Waals surface area contributed by atoms with Gasteiger partial charge in [0.15, 0.2) is 0 Å². The third-order valence-electron chi connectivity index (χ3n) is 3.56. The summed E-state index contributed by atoms with van der Waals surface area (Å²) in [5, 5.41) is 8.91. The van der Waals surface area contributed by atoms with E-state index in [4.69, 9.17) is 9.84 Å². The highest BCUT2D eigenvalue weighted by molar-refractivity contribution is 4.63. The summed E-state index contributed by atoms with van der Waals surface area (Å²) >= 11 is 0. The number of aliphatic hydroxyl groups is 1. The molecule has 1 fully saturated rings. The van der Waals surface area contributed by atoms with Crippen LogP contribution in [0.15, 0.2) is 0 Å². The fraction of sp³-hybridized carbons (Fsp3) is 1.00. The van der Waals surface area contributed by atoms with Crippen molar-refractivity contribution >= 4 is 0 Å². The van der Waals surface area contributed by atoms with Crippen LogP contribution in [0.3, 0.4) is 0 Å². The number of hydrogen-bond acceptors (Lipinski definition) is 3. The lowest BCUT2D eigenvalue weighted by Gasteiger charge is -2.26. The van der Waals surface area contributed by atoms with Crippen molar-refractivity contribution < 1.29 is 9.84 Å². The normalized spacial score (nSPS) is 19.9. The monoisotopic (exact) mass is 229 g/mol. The van der Waals surface area contributed by atoms with Crippen LogP contribution in [0.1, 0.15) is 39.0 Å². The summed E-state index contributed by atoms with van der Waals surface area (Å²) in [5.74, 6) is 0.731. The highest BCUT2D eigenvalue weighted by Gasteiger charge is 2.10. The molecular weight excluding hydrogens is 202 g/mol. The molecule has 1 N–H and O–H groups in total. The first-order valence-corrected chi connectivity index (χ1v) is 6.77. The van der Waals surface area contributed by atoms with E-state index in [9.17, 15) is 0 Å². The van der Waals surface area contributed by atoms with Crippen molar-refractivity contribution in [3.63, 3.8) is 0 Å². The number of morpholine rings is 1. The van der Waals surface area contributed by atoms with E-state index in [1.54, 1.807) is 0 Å². The first kappa shape index (κ1) is 13.9. The van der Waals surface area contributed by atoms with E-state index in [-0.39, 0.29) is 0 Å². The Hall–Kier alpha value is -0.120. The molecular formula is C13H27NO2. The second-order valence-electron chi connectivity index (χ2n) is 4.74. The molecule has 0 aromatic rings. The van der Waals surface area contributed by atoms with Gasteiger partial charge in [-0.05, 0) is 25.3 Å². The average Bonchev–Trinajstić information content (AvgIpc) is 2.34. The smallest absolute Gasteiger partial charge is 0.0594 e. The molecule has 0 aromatic heterocycles. The molecule has 0 amide bonds. The van der Waals surface area contributed by atoms with Crippen molar-refractivity contribution in [3.05, 3.63) is 0 Å². The van der Waals surface area contributed by atoms with Crippen LogP contribution in [0.25, 0.3) is 0 Å². The molecule has 0 aliphatic carbocycles. The Kier molecular flexibility index (Phi) is 7.81. The van der Waals surface area contributed by atoms with Gasteiger partial charge < -0.3 is 9.84 Å². The maximum atomic E-state index is 8.91. The lowest BCUT2D eigenvalue weighted by Crippen LogP contribution is -2.36. The van der Waals surface area contributed by atoms with Gasteiger partial charge in [0.1, 0.15) is 0 Å². The van der Waals surface area contributed by atoms with Crippen LogP contribution >= 0.6 is 0 Å². The van der Waals surface area contributed by atoms with Gasteiger partial charge in [-0.25, -0.2) is 0 Å². The third-order valence-corrected chi connectivity index (χ3v) is 3.56. The molecule has 1 saturated heterocycles. The van der Waals surface area contributed by atoms with Crippen LogP contribution in [-0.4, -0.2) is 49.5 Å². The summed E-state index contributed by atoms with van der Waals surface area (Å²) in [6, 6.07) is 0. The van der Waals surface area contributed by atoms with E-state index in [1.165, 1.54) is 32.2 Å². The van der Waals surface area contributed by atoms with Gasteiger partial charge in [-0.2, -0.15) is 0 Å². The van der Waals surface area contributed by atoms with Gasteiger partial charge >= 0.3 is 0 Å². The van der Waals surface area contributed by atoms with Crippen LogP contribution in [0.4, 0.5) is 0 Å². The largest absolute Gasteiger partial charge is 0.396 e. The Morgan fingerprint density at radius 1 is 1.19 bits per heavy atom. The SMILES string of the molecule is CC[C@@H](CCO)CCCCN1CCOCC1. The quantitative estimate of drug-likeness (QED) is 0.645. The molecule has 3 nitrogen and oxygen atoms in total. The lowest BCUT2D eigenvalue weighted by atomic mass is 9.96. The van der Waals surface area contributed by atoms with Crippen molar-refractivity contribution in [1.29, 1.82) is 0 Å². The first-order chi connectivity index (χ1) is 7.86. The van der Waals surface area contributed by atoms with E-state index in [0.29, 0.717) is 6.61 Å². The number of nitrogens with zero attached hydrogens (tertiary/aromatic N) is 1. The van der Waals surface area contributed by atoms with Crippen molar-refractivity contribution in [2.45, 2.75) is 39.0 Å². The van der Waals surface area contributed by atoms with E-state index < -0.39 is 0 Å². The minimum atomic E-state index is 0.349. The zero-order valence-corrected chi connectivity index (χ0v) is 10.7. The molecule has 96 valence electrons. The van der Waals surface area contributed by atoms with Crippen LogP contribution in [0, 0.1) is 5.92 Å². The van der Waals surface area contributed by atoms with Crippen molar-refractivity contribution in [2.24, 2.45) is 5.92 Å². The second-order valence-corrected chi connectivity index (χ2v) is 4.74. The summed E-state index contributed by atoms with van der Waals surface area (Å²) in [6.07, 6.45) is 6.06. The molecule has 1 atom stereocenters. The summed E-state index contributed by atoms with van der Waals surface area (Å²) < 4.78 is 5.32.